The standard InChI is InChI=1S/C10H8Cl2N2O2/c1-2-16-10(15)6-3-9-13-7(11)4-8(12)14(9)5-6/h3-5H,2H2,1H3. The van der Waals surface area contributed by atoms with Crippen molar-refractivity contribution in [2.45, 2.75) is 6.92 Å². The highest BCUT2D eigenvalue weighted by atomic mass is 35.5. The van der Waals surface area contributed by atoms with Crippen molar-refractivity contribution in [3.05, 3.63) is 34.2 Å². The van der Waals surface area contributed by atoms with Crippen LogP contribution < -0.4 is 0 Å². The van der Waals surface area contributed by atoms with Gasteiger partial charge in [-0.15, -0.1) is 0 Å². The fourth-order valence-corrected chi connectivity index (χ4v) is 1.83. The van der Waals surface area contributed by atoms with E-state index in [4.69, 9.17) is 27.9 Å². The minimum Gasteiger partial charge on any atom is -0.462 e. The van der Waals surface area contributed by atoms with Gasteiger partial charge in [-0.05, 0) is 13.0 Å². The van der Waals surface area contributed by atoms with E-state index in [0.717, 1.165) is 0 Å². The molecule has 0 saturated carbocycles. The quantitative estimate of drug-likeness (QED) is 0.615. The SMILES string of the molecule is CCOC(=O)c1cc2nc(Cl)cc(Cl)n2c1. The number of carbonyl (C=O) groups excluding carboxylic acids is 1. The zero-order valence-electron chi connectivity index (χ0n) is 8.41. The number of rotatable bonds is 2. The van der Waals surface area contributed by atoms with E-state index in [1.54, 1.807) is 23.6 Å². The maximum Gasteiger partial charge on any atom is 0.339 e. The molecule has 0 N–H and O–H groups in total. The average molecular weight is 259 g/mol. The number of esters is 1. The molecule has 0 atom stereocenters. The van der Waals surface area contributed by atoms with Crippen LogP contribution >= 0.6 is 23.2 Å². The monoisotopic (exact) mass is 258 g/mol. The fourth-order valence-electron chi connectivity index (χ4n) is 1.34. The third-order valence-corrected chi connectivity index (χ3v) is 2.49. The van der Waals surface area contributed by atoms with Gasteiger partial charge in [0.05, 0.1) is 12.2 Å². The molecule has 2 aromatic rings. The molecule has 4 nitrogen and oxygen atoms in total. The number of aromatic nitrogens is 2. The molecule has 0 saturated heterocycles. The Bertz CT molecular complexity index is 551. The topological polar surface area (TPSA) is 43.6 Å². The van der Waals surface area contributed by atoms with Gasteiger partial charge >= 0.3 is 5.97 Å². The number of halogens is 2. The molecule has 0 radical (unpaired) electrons. The number of hydrogen-bond acceptors (Lipinski definition) is 3. The molecule has 0 aromatic carbocycles. The summed E-state index contributed by atoms with van der Waals surface area (Å²) in [6, 6.07) is 3.08. The molecule has 0 aliphatic heterocycles. The minimum atomic E-state index is -0.403. The smallest absolute Gasteiger partial charge is 0.339 e. The summed E-state index contributed by atoms with van der Waals surface area (Å²) in [7, 11) is 0. The Morgan fingerprint density at radius 3 is 2.94 bits per heavy atom. The van der Waals surface area contributed by atoms with Crippen LogP contribution in [0.1, 0.15) is 17.3 Å². The van der Waals surface area contributed by atoms with Gasteiger partial charge in [0, 0.05) is 12.3 Å². The summed E-state index contributed by atoms with van der Waals surface area (Å²) in [5.74, 6) is -0.403. The molecular weight excluding hydrogens is 251 g/mol. The number of fused-ring (bicyclic) bond motifs is 1. The molecule has 6 heteroatoms. The van der Waals surface area contributed by atoms with Gasteiger partial charge in [-0.2, -0.15) is 0 Å². The van der Waals surface area contributed by atoms with Gasteiger partial charge in [0.2, 0.25) is 0 Å². The van der Waals surface area contributed by atoms with Crippen LogP contribution in [0.4, 0.5) is 0 Å². The first-order valence-corrected chi connectivity index (χ1v) is 5.38. The van der Waals surface area contributed by atoms with Crippen molar-refractivity contribution in [1.82, 2.24) is 9.38 Å². The first-order valence-electron chi connectivity index (χ1n) is 4.63. The van der Waals surface area contributed by atoms with Crippen LogP contribution in [-0.4, -0.2) is 22.0 Å². The molecular formula is C10H8Cl2N2O2. The van der Waals surface area contributed by atoms with Crippen molar-refractivity contribution in [2.24, 2.45) is 0 Å². The first-order chi connectivity index (χ1) is 7.61. The van der Waals surface area contributed by atoms with Crippen LogP contribution in [0.25, 0.3) is 5.65 Å². The van der Waals surface area contributed by atoms with Crippen LogP contribution in [-0.2, 0) is 4.74 Å². The highest BCUT2D eigenvalue weighted by Crippen LogP contribution is 2.19. The Morgan fingerprint density at radius 1 is 1.50 bits per heavy atom. The molecule has 0 aliphatic carbocycles. The van der Waals surface area contributed by atoms with Crippen LogP contribution in [0.2, 0.25) is 10.3 Å². The molecule has 0 amide bonds. The van der Waals surface area contributed by atoms with E-state index >= 15 is 0 Å². The van der Waals surface area contributed by atoms with Crippen LogP contribution in [0.15, 0.2) is 18.3 Å². The van der Waals surface area contributed by atoms with Crippen molar-refractivity contribution in [3.8, 4) is 0 Å². The van der Waals surface area contributed by atoms with Crippen molar-refractivity contribution in [2.75, 3.05) is 6.61 Å². The summed E-state index contributed by atoms with van der Waals surface area (Å²) in [6.45, 7) is 2.07. The third-order valence-electron chi connectivity index (χ3n) is 2.00. The third kappa shape index (κ3) is 1.99. The Hall–Kier alpha value is -1.26. The van der Waals surface area contributed by atoms with Gasteiger partial charge in [0.1, 0.15) is 16.0 Å². The zero-order chi connectivity index (χ0) is 11.7. The van der Waals surface area contributed by atoms with E-state index < -0.39 is 5.97 Å². The lowest BCUT2D eigenvalue weighted by atomic mass is 10.3. The van der Waals surface area contributed by atoms with E-state index in [9.17, 15) is 4.79 Å². The predicted octanol–water partition coefficient (Wildman–Crippen LogP) is 2.82. The Balaban J connectivity index is 2.51. The molecule has 0 spiro atoms. The number of carbonyl (C=O) groups is 1. The molecule has 0 fully saturated rings. The maximum atomic E-state index is 11.5. The molecule has 2 aromatic heterocycles. The minimum absolute atomic E-state index is 0.283. The maximum absolute atomic E-state index is 11.5. The van der Waals surface area contributed by atoms with Gasteiger partial charge in [-0.1, -0.05) is 23.2 Å². The first kappa shape index (κ1) is 11.2. The lowest BCUT2D eigenvalue weighted by molar-refractivity contribution is 0.0526. The van der Waals surface area contributed by atoms with Gasteiger partial charge in [0.15, 0.2) is 0 Å². The second-order valence-corrected chi connectivity index (χ2v) is 3.85. The lowest BCUT2D eigenvalue weighted by Gasteiger charge is -1.97. The summed E-state index contributed by atoms with van der Waals surface area (Å²) in [4.78, 5) is 15.5. The molecule has 84 valence electrons. The Kier molecular flexibility index (Phi) is 3.03. The van der Waals surface area contributed by atoms with Crippen LogP contribution in [0.5, 0.6) is 0 Å². The van der Waals surface area contributed by atoms with E-state index in [2.05, 4.69) is 4.98 Å². The van der Waals surface area contributed by atoms with E-state index in [0.29, 0.717) is 23.0 Å². The van der Waals surface area contributed by atoms with E-state index in [-0.39, 0.29) is 5.15 Å². The normalized spacial score (nSPS) is 10.7. The zero-order valence-corrected chi connectivity index (χ0v) is 9.92. The summed E-state index contributed by atoms with van der Waals surface area (Å²) in [5.41, 5.74) is 0.916. The molecule has 2 rings (SSSR count). The summed E-state index contributed by atoms with van der Waals surface area (Å²) in [5, 5.41) is 0.677. The molecule has 0 bridgehead atoms. The second-order valence-electron chi connectivity index (χ2n) is 3.08. The Labute approximate surface area is 102 Å². The average Bonchev–Trinajstić information content (AvgIpc) is 2.62. The highest BCUT2D eigenvalue weighted by molar-refractivity contribution is 6.33. The van der Waals surface area contributed by atoms with Gasteiger partial charge in [-0.3, -0.25) is 4.40 Å². The van der Waals surface area contributed by atoms with Crippen LogP contribution in [0.3, 0.4) is 0 Å². The summed E-state index contributed by atoms with van der Waals surface area (Å²) < 4.78 is 6.44. The predicted molar refractivity (Wildman–Crippen MR) is 61.2 cm³/mol. The molecule has 2 heterocycles. The van der Waals surface area contributed by atoms with Crippen LogP contribution in [0, 0.1) is 0 Å². The van der Waals surface area contributed by atoms with Gasteiger partial charge < -0.3 is 4.74 Å². The molecule has 16 heavy (non-hydrogen) atoms. The van der Waals surface area contributed by atoms with Crippen molar-refractivity contribution in [3.63, 3.8) is 0 Å². The van der Waals surface area contributed by atoms with Gasteiger partial charge in [-0.25, -0.2) is 9.78 Å². The number of hydrogen-bond donors (Lipinski definition) is 0. The number of ether oxygens (including phenoxy) is 1. The lowest BCUT2D eigenvalue weighted by Crippen LogP contribution is -2.02. The summed E-state index contributed by atoms with van der Waals surface area (Å²) in [6.07, 6.45) is 1.57. The van der Waals surface area contributed by atoms with Gasteiger partial charge in [0.25, 0.3) is 0 Å². The number of nitrogens with zero attached hydrogens (tertiary/aromatic N) is 2. The fraction of sp³-hybridized carbons (Fsp3) is 0.200. The summed E-state index contributed by atoms with van der Waals surface area (Å²) >= 11 is 11.7. The Morgan fingerprint density at radius 2 is 2.25 bits per heavy atom. The van der Waals surface area contributed by atoms with Crippen molar-refractivity contribution in [1.29, 1.82) is 0 Å². The molecule has 0 unspecified atom stereocenters. The van der Waals surface area contributed by atoms with Crippen molar-refractivity contribution < 1.29 is 9.53 Å². The highest BCUT2D eigenvalue weighted by Gasteiger charge is 2.12. The second kappa shape index (κ2) is 4.31. The largest absolute Gasteiger partial charge is 0.462 e. The molecule has 0 aliphatic rings. The van der Waals surface area contributed by atoms with Crippen molar-refractivity contribution >= 4 is 34.8 Å². The van der Waals surface area contributed by atoms with E-state index in [1.165, 1.54) is 6.07 Å². The van der Waals surface area contributed by atoms with E-state index in [1.807, 2.05) is 0 Å².